The molecule has 3 aliphatic rings. The van der Waals surface area contributed by atoms with Gasteiger partial charge in [-0.2, -0.15) is 0 Å². The fourth-order valence-electron chi connectivity index (χ4n) is 8.45. The van der Waals surface area contributed by atoms with Crippen molar-refractivity contribution in [3.63, 3.8) is 0 Å². The summed E-state index contributed by atoms with van der Waals surface area (Å²) in [6.07, 6.45) is 5.41. The molecule has 0 radical (unpaired) electrons. The monoisotopic (exact) mass is 695 g/mol. The third-order valence-electron chi connectivity index (χ3n) is 11.4. The van der Waals surface area contributed by atoms with Gasteiger partial charge in [-0.25, -0.2) is 9.59 Å². The standard InChI is InChI=1S/C46H49NO5/c1-10-39(48)50-20-12-14-29-22-33-41-35(24-29)45(6,7)37-26-32(52-31-18-16-28(3)17-19-31)27-38-43(37)47(41)42-34(44(33,4)5)23-30(25-36(42)46(38,8)9)15-13-21-51-40(49)11-2/h10-11,16-19,22-27H,1-2,12-15,20-21H2,3-9H3. The Morgan fingerprint density at radius 2 is 0.962 bits per heavy atom. The molecule has 52 heavy (non-hydrogen) atoms. The van der Waals surface area contributed by atoms with Crippen LogP contribution in [0.25, 0.3) is 0 Å². The molecule has 0 spiro atoms. The van der Waals surface area contributed by atoms with Crippen molar-refractivity contribution in [3.05, 3.63) is 136 Å². The first-order valence-electron chi connectivity index (χ1n) is 18.4. The highest BCUT2D eigenvalue weighted by Gasteiger charge is 2.52. The van der Waals surface area contributed by atoms with Crippen LogP contribution in [0.15, 0.2) is 86.0 Å². The van der Waals surface area contributed by atoms with Crippen LogP contribution in [0.4, 0.5) is 17.1 Å². The third kappa shape index (κ3) is 5.73. The molecule has 0 fully saturated rings. The molecule has 7 rings (SSSR count). The second-order valence-electron chi connectivity index (χ2n) is 16.0. The Labute approximate surface area is 308 Å². The third-order valence-corrected chi connectivity index (χ3v) is 11.4. The number of ether oxygens (including phenoxy) is 3. The minimum Gasteiger partial charge on any atom is -0.463 e. The first-order valence-corrected chi connectivity index (χ1v) is 18.4. The Morgan fingerprint density at radius 3 is 1.33 bits per heavy atom. The van der Waals surface area contributed by atoms with E-state index in [1.807, 2.05) is 12.1 Å². The highest BCUT2D eigenvalue weighted by molar-refractivity contribution is 5.98. The number of rotatable bonds is 12. The molecule has 0 amide bonds. The molecular weight excluding hydrogens is 647 g/mol. The molecule has 6 heteroatoms. The van der Waals surface area contributed by atoms with Crippen molar-refractivity contribution in [1.29, 1.82) is 0 Å². The Balaban J connectivity index is 1.42. The van der Waals surface area contributed by atoms with Crippen molar-refractivity contribution >= 4 is 29.0 Å². The van der Waals surface area contributed by atoms with Gasteiger partial charge in [0.1, 0.15) is 11.5 Å². The van der Waals surface area contributed by atoms with Crippen molar-refractivity contribution in [2.24, 2.45) is 0 Å². The number of aryl methyl sites for hydroxylation is 3. The van der Waals surface area contributed by atoms with Crippen LogP contribution in [0.2, 0.25) is 0 Å². The van der Waals surface area contributed by atoms with Crippen molar-refractivity contribution in [1.82, 2.24) is 0 Å². The van der Waals surface area contributed by atoms with E-state index in [4.69, 9.17) is 14.2 Å². The number of carbonyl (C=O) groups excluding carboxylic acids is 2. The normalized spacial score (nSPS) is 16.0. The second kappa shape index (κ2) is 12.8. The summed E-state index contributed by atoms with van der Waals surface area (Å²) in [6, 6.07) is 22.2. The van der Waals surface area contributed by atoms with Crippen LogP contribution < -0.4 is 9.64 Å². The van der Waals surface area contributed by atoms with Crippen LogP contribution in [0.1, 0.15) is 104 Å². The summed E-state index contributed by atoms with van der Waals surface area (Å²) in [6.45, 7) is 23.9. The van der Waals surface area contributed by atoms with E-state index in [0.29, 0.717) is 26.1 Å². The van der Waals surface area contributed by atoms with E-state index in [9.17, 15) is 9.59 Å². The summed E-state index contributed by atoms with van der Waals surface area (Å²) in [7, 11) is 0. The highest BCUT2D eigenvalue weighted by atomic mass is 16.5. The Hall–Kier alpha value is -5.10. The minimum absolute atomic E-state index is 0.309. The number of anilines is 3. The van der Waals surface area contributed by atoms with Crippen LogP contribution in [-0.2, 0) is 48.1 Å². The van der Waals surface area contributed by atoms with Crippen LogP contribution in [0.3, 0.4) is 0 Å². The van der Waals surface area contributed by atoms with Crippen LogP contribution in [0, 0.1) is 6.92 Å². The van der Waals surface area contributed by atoms with Crippen molar-refractivity contribution in [3.8, 4) is 11.5 Å². The molecular formula is C46H49NO5. The predicted octanol–water partition coefficient (Wildman–Crippen LogP) is 10.5. The summed E-state index contributed by atoms with van der Waals surface area (Å²) in [4.78, 5) is 26.1. The molecule has 0 aromatic heterocycles. The van der Waals surface area contributed by atoms with Crippen molar-refractivity contribution in [2.75, 3.05) is 18.1 Å². The maximum atomic E-state index is 11.8. The molecule has 3 heterocycles. The number of carbonyl (C=O) groups is 2. The van der Waals surface area contributed by atoms with Gasteiger partial charge in [0.15, 0.2) is 0 Å². The average molecular weight is 696 g/mol. The molecule has 0 aliphatic carbocycles. The smallest absolute Gasteiger partial charge is 0.330 e. The lowest BCUT2D eigenvalue weighted by atomic mass is 9.60. The fourth-order valence-corrected chi connectivity index (χ4v) is 8.45. The molecule has 3 aliphatic heterocycles. The molecule has 0 bridgehead atoms. The largest absolute Gasteiger partial charge is 0.463 e. The zero-order valence-corrected chi connectivity index (χ0v) is 31.6. The summed E-state index contributed by atoms with van der Waals surface area (Å²) < 4.78 is 17.4. The summed E-state index contributed by atoms with van der Waals surface area (Å²) in [5, 5.41) is 0. The molecule has 4 aromatic rings. The topological polar surface area (TPSA) is 65.1 Å². The Kier molecular flexibility index (Phi) is 8.72. The van der Waals surface area contributed by atoms with E-state index < -0.39 is 11.9 Å². The van der Waals surface area contributed by atoms with Gasteiger partial charge >= 0.3 is 11.9 Å². The number of hydrogen-bond donors (Lipinski definition) is 0. The van der Waals surface area contributed by atoms with Gasteiger partial charge in [0.25, 0.3) is 0 Å². The summed E-state index contributed by atoms with van der Waals surface area (Å²) >= 11 is 0. The first-order chi connectivity index (χ1) is 24.7. The van der Waals surface area contributed by atoms with Crippen LogP contribution in [0.5, 0.6) is 11.5 Å². The lowest BCUT2D eigenvalue weighted by molar-refractivity contribution is -0.138. The van der Waals surface area contributed by atoms with E-state index in [1.54, 1.807) is 0 Å². The lowest BCUT2D eigenvalue weighted by Crippen LogP contribution is -2.44. The fraction of sp³-hybridized carbons (Fsp3) is 0.348. The molecule has 0 saturated heterocycles. The van der Waals surface area contributed by atoms with Crippen LogP contribution >= 0.6 is 0 Å². The van der Waals surface area contributed by atoms with Gasteiger partial charge in [0.2, 0.25) is 0 Å². The highest BCUT2D eigenvalue weighted by Crippen LogP contribution is 2.67. The molecule has 0 atom stereocenters. The SMILES string of the molecule is C=CC(=O)OCCCc1cc2c3c(c1)C(C)(C)c1cc(Oc4ccc(C)cc4)cc4c1N3c1c(cc(CCCOC(=O)C=C)cc1C4(C)C)C2(C)C. The van der Waals surface area contributed by atoms with Gasteiger partial charge in [-0.1, -0.05) is 96.7 Å². The van der Waals surface area contributed by atoms with Gasteiger partial charge in [-0.3, -0.25) is 0 Å². The summed E-state index contributed by atoms with van der Waals surface area (Å²) in [5.41, 5.74) is 14.1. The molecule has 6 nitrogen and oxygen atoms in total. The van der Waals surface area contributed by atoms with Gasteiger partial charge in [0, 0.05) is 28.4 Å². The van der Waals surface area contributed by atoms with Crippen molar-refractivity contribution in [2.45, 2.75) is 90.4 Å². The number of esters is 2. The van der Waals surface area contributed by atoms with Crippen LogP contribution in [-0.4, -0.2) is 25.2 Å². The zero-order chi connectivity index (χ0) is 37.2. The molecule has 0 unspecified atom stereocenters. The molecule has 4 aromatic carbocycles. The van der Waals surface area contributed by atoms with Crippen molar-refractivity contribution < 1.29 is 23.8 Å². The zero-order valence-electron chi connectivity index (χ0n) is 31.6. The number of benzene rings is 4. The Morgan fingerprint density at radius 1 is 0.596 bits per heavy atom. The number of nitrogens with zero attached hydrogens (tertiary/aromatic N) is 1. The van der Waals surface area contributed by atoms with E-state index in [-0.39, 0.29) is 16.2 Å². The number of hydrogen-bond acceptors (Lipinski definition) is 6. The predicted molar refractivity (Wildman–Crippen MR) is 208 cm³/mol. The minimum atomic E-state index is -0.394. The Bertz CT molecular complexity index is 2010. The lowest BCUT2D eigenvalue weighted by Gasteiger charge is -2.55. The first kappa shape index (κ1) is 35.3. The maximum Gasteiger partial charge on any atom is 0.330 e. The maximum absolute atomic E-state index is 11.8. The molecule has 0 N–H and O–H groups in total. The van der Waals surface area contributed by atoms with Gasteiger partial charge in [-0.05, 0) is 101 Å². The van der Waals surface area contributed by atoms with E-state index in [1.165, 1.54) is 79.3 Å². The van der Waals surface area contributed by atoms with Gasteiger partial charge in [-0.15, -0.1) is 0 Å². The van der Waals surface area contributed by atoms with E-state index >= 15 is 0 Å². The van der Waals surface area contributed by atoms with E-state index in [0.717, 1.165) is 24.3 Å². The quantitative estimate of drug-likeness (QED) is 0.0835. The second-order valence-corrected chi connectivity index (χ2v) is 16.0. The van der Waals surface area contributed by atoms with E-state index in [2.05, 4.69) is 115 Å². The van der Waals surface area contributed by atoms with Gasteiger partial charge < -0.3 is 19.1 Å². The molecule has 268 valence electrons. The summed E-state index contributed by atoms with van der Waals surface area (Å²) in [5.74, 6) is 0.843. The molecule has 0 saturated carbocycles. The van der Waals surface area contributed by atoms with Gasteiger partial charge in [0.05, 0.1) is 30.3 Å². The average Bonchev–Trinajstić information content (AvgIpc) is 3.11.